The van der Waals surface area contributed by atoms with Crippen LogP contribution < -0.4 is 5.76 Å². The maximum atomic E-state index is 11.7. The van der Waals surface area contributed by atoms with Crippen LogP contribution in [0.2, 0.25) is 0 Å². The van der Waals surface area contributed by atoms with E-state index in [4.69, 9.17) is 4.42 Å². The van der Waals surface area contributed by atoms with E-state index in [2.05, 4.69) is 28.2 Å². The van der Waals surface area contributed by atoms with Crippen LogP contribution in [0.3, 0.4) is 0 Å². The average molecular weight is 317 g/mol. The van der Waals surface area contributed by atoms with Gasteiger partial charge < -0.3 is 9.52 Å². The van der Waals surface area contributed by atoms with Gasteiger partial charge in [-0.15, -0.1) is 5.10 Å². The summed E-state index contributed by atoms with van der Waals surface area (Å²) in [5, 5.41) is 14.4. The van der Waals surface area contributed by atoms with E-state index in [1.807, 2.05) is 13.0 Å². The Balaban J connectivity index is 1.58. The fourth-order valence-electron chi connectivity index (χ4n) is 3.05. The molecule has 1 aromatic heterocycles. The molecule has 0 saturated heterocycles. The topological polar surface area (TPSA) is 71.5 Å². The first-order chi connectivity index (χ1) is 11.2. The summed E-state index contributed by atoms with van der Waals surface area (Å²) < 4.78 is 6.29. The number of fused-ring (bicyclic) bond motifs is 1. The monoisotopic (exact) mass is 317 g/mol. The summed E-state index contributed by atoms with van der Waals surface area (Å²) in [5.74, 6) is -0.0481. The molecule has 2 aromatic rings. The van der Waals surface area contributed by atoms with E-state index in [1.165, 1.54) is 15.8 Å². The summed E-state index contributed by atoms with van der Waals surface area (Å²) in [6.07, 6.45) is 1.86. The van der Waals surface area contributed by atoms with Crippen LogP contribution in [-0.4, -0.2) is 39.0 Å². The normalized spacial score (nSPS) is 16.3. The van der Waals surface area contributed by atoms with Crippen LogP contribution in [0.15, 0.2) is 33.5 Å². The highest BCUT2D eigenvalue weighted by Gasteiger charge is 2.20. The van der Waals surface area contributed by atoms with E-state index in [9.17, 15) is 9.90 Å². The maximum Gasteiger partial charge on any atom is 0.437 e. The zero-order chi connectivity index (χ0) is 16.2. The zero-order valence-electron chi connectivity index (χ0n) is 13.4. The first-order valence-electron chi connectivity index (χ1n) is 8.19. The number of rotatable bonds is 6. The Morgan fingerprint density at radius 1 is 1.30 bits per heavy atom. The predicted octanol–water partition coefficient (Wildman–Crippen LogP) is 1.21. The minimum atomic E-state index is -0.641. The Morgan fingerprint density at radius 3 is 2.87 bits per heavy atom. The highest BCUT2D eigenvalue weighted by molar-refractivity contribution is 5.29. The summed E-state index contributed by atoms with van der Waals surface area (Å²) in [4.78, 5) is 13.9. The molecule has 6 heteroatoms. The molecule has 124 valence electrons. The Bertz CT molecular complexity index is 707. The highest BCUT2D eigenvalue weighted by Crippen LogP contribution is 2.18. The van der Waals surface area contributed by atoms with Crippen molar-refractivity contribution in [2.24, 2.45) is 0 Å². The van der Waals surface area contributed by atoms with Crippen LogP contribution in [0.4, 0.5) is 0 Å². The number of aromatic nitrogens is 2. The standard InChI is InChI=1S/C17H23N3O3/c1-2-5-16-18-20(17(22)23-16)12-15(21)11-19-9-8-13-6-3-4-7-14(13)10-19/h3-4,6-7,15,21H,2,5,8-12H2,1H3. The van der Waals surface area contributed by atoms with Gasteiger partial charge in [-0.2, -0.15) is 4.68 Å². The van der Waals surface area contributed by atoms with E-state index in [0.717, 1.165) is 25.9 Å². The van der Waals surface area contributed by atoms with Gasteiger partial charge in [0.05, 0.1) is 12.6 Å². The molecule has 0 bridgehead atoms. The molecule has 0 amide bonds. The maximum absolute atomic E-state index is 11.7. The largest absolute Gasteiger partial charge is 0.437 e. The van der Waals surface area contributed by atoms with Crippen molar-refractivity contribution in [2.75, 3.05) is 13.1 Å². The molecule has 2 heterocycles. The van der Waals surface area contributed by atoms with Crippen molar-refractivity contribution in [3.05, 3.63) is 51.8 Å². The van der Waals surface area contributed by atoms with Crippen LogP contribution in [0, 0.1) is 0 Å². The van der Waals surface area contributed by atoms with Gasteiger partial charge in [0.15, 0.2) is 0 Å². The number of aliphatic hydroxyl groups excluding tert-OH is 1. The van der Waals surface area contributed by atoms with Crippen molar-refractivity contribution >= 4 is 0 Å². The fourth-order valence-corrected chi connectivity index (χ4v) is 3.05. The third kappa shape index (κ3) is 3.89. The molecule has 0 fully saturated rings. The lowest BCUT2D eigenvalue weighted by molar-refractivity contribution is 0.0872. The quantitative estimate of drug-likeness (QED) is 0.867. The summed E-state index contributed by atoms with van der Waals surface area (Å²) >= 11 is 0. The molecule has 3 rings (SSSR count). The molecule has 1 N–H and O–H groups in total. The number of aryl methyl sites for hydroxylation is 1. The number of aliphatic hydroxyl groups is 1. The van der Waals surface area contributed by atoms with E-state index in [-0.39, 0.29) is 6.54 Å². The lowest BCUT2D eigenvalue weighted by Gasteiger charge is -2.30. The molecular weight excluding hydrogens is 294 g/mol. The summed E-state index contributed by atoms with van der Waals surface area (Å²) in [6.45, 7) is 4.45. The molecule has 1 aliphatic heterocycles. The Labute approximate surface area is 135 Å². The van der Waals surface area contributed by atoms with Gasteiger partial charge in [-0.1, -0.05) is 31.2 Å². The van der Waals surface area contributed by atoms with Crippen LogP contribution in [0.25, 0.3) is 0 Å². The van der Waals surface area contributed by atoms with Gasteiger partial charge in [-0.05, 0) is 24.0 Å². The van der Waals surface area contributed by atoms with Gasteiger partial charge >= 0.3 is 5.76 Å². The summed E-state index contributed by atoms with van der Waals surface area (Å²) in [6, 6.07) is 8.40. The van der Waals surface area contributed by atoms with Crippen molar-refractivity contribution < 1.29 is 9.52 Å². The fraction of sp³-hybridized carbons (Fsp3) is 0.529. The molecule has 0 spiro atoms. The predicted molar refractivity (Wildman–Crippen MR) is 86.2 cm³/mol. The number of β-amino-alcohol motifs (C(OH)–C–C–N with tert-alkyl or cyclic N) is 1. The lowest BCUT2D eigenvalue weighted by atomic mass is 10.00. The van der Waals surface area contributed by atoms with Gasteiger partial charge in [0, 0.05) is 26.1 Å². The third-order valence-corrected chi connectivity index (χ3v) is 4.17. The van der Waals surface area contributed by atoms with Crippen LogP contribution in [0.1, 0.15) is 30.4 Å². The second-order valence-corrected chi connectivity index (χ2v) is 6.10. The molecule has 1 aromatic carbocycles. The zero-order valence-corrected chi connectivity index (χ0v) is 13.4. The van der Waals surface area contributed by atoms with E-state index in [0.29, 0.717) is 18.9 Å². The second kappa shape index (κ2) is 7.10. The molecule has 0 radical (unpaired) electrons. The SMILES string of the molecule is CCCc1nn(CC(O)CN2CCc3ccccc3C2)c(=O)o1. The second-order valence-electron chi connectivity index (χ2n) is 6.10. The third-order valence-electron chi connectivity index (χ3n) is 4.17. The average Bonchev–Trinajstić information content (AvgIpc) is 2.87. The summed E-state index contributed by atoms with van der Waals surface area (Å²) in [5.41, 5.74) is 2.70. The molecule has 23 heavy (non-hydrogen) atoms. The Kier molecular flexibility index (Phi) is 4.93. The number of hydrogen-bond donors (Lipinski definition) is 1. The van der Waals surface area contributed by atoms with Gasteiger partial charge in [0.2, 0.25) is 5.89 Å². The van der Waals surface area contributed by atoms with E-state index >= 15 is 0 Å². The Morgan fingerprint density at radius 2 is 2.09 bits per heavy atom. The molecule has 6 nitrogen and oxygen atoms in total. The Hall–Kier alpha value is -1.92. The van der Waals surface area contributed by atoms with Crippen LogP contribution in [0.5, 0.6) is 0 Å². The van der Waals surface area contributed by atoms with Crippen molar-refractivity contribution in [3.63, 3.8) is 0 Å². The van der Waals surface area contributed by atoms with Gasteiger partial charge in [0.25, 0.3) is 0 Å². The minimum absolute atomic E-state index is 0.171. The first kappa shape index (κ1) is 16.0. The molecule has 1 atom stereocenters. The van der Waals surface area contributed by atoms with Crippen molar-refractivity contribution in [1.82, 2.24) is 14.7 Å². The van der Waals surface area contributed by atoms with Crippen molar-refractivity contribution in [2.45, 2.75) is 45.4 Å². The summed E-state index contributed by atoms with van der Waals surface area (Å²) in [7, 11) is 0. The number of hydrogen-bond acceptors (Lipinski definition) is 5. The smallest absolute Gasteiger partial charge is 0.392 e. The van der Waals surface area contributed by atoms with E-state index in [1.54, 1.807) is 0 Å². The molecule has 1 aliphatic rings. The minimum Gasteiger partial charge on any atom is -0.392 e. The van der Waals surface area contributed by atoms with Gasteiger partial charge in [-0.25, -0.2) is 4.79 Å². The van der Waals surface area contributed by atoms with Gasteiger partial charge in [-0.3, -0.25) is 4.90 Å². The number of nitrogens with zero attached hydrogens (tertiary/aromatic N) is 3. The molecule has 0 saturated carbocycles. The number of benzene rings is 1. The van der Waals surface area contributed by atoms with E-state index < -0.39 is 11.9 Å². The highest BCUT2D eigenvalue weighted by atomic mass is 16.4. The van der Waals surface area contributed by atoms with Crippen molar-refractivity contribution in [3.8, 4) is 0 Å². The molecule has 1 unspecified atom stereocenters. The van der Waals surface area contributed by atoms with Crippen molar-refractivity contribution in [1.29, 1.82) is 0 Å². The van der Waals surface area contributed by atoms with Gasteiger partial charge in [0.1, 0.15) is 0 Å². The first-order valence-corrected chi connectivity index (χ1v) is 8.19. The lowest BCUT2D eigenvalue weighted by Crippen LogP contribution is -2.39. The molecular formula is C17H23N3O3. The van der Waals surface area contributed by atoms with Crippen LogP contribution in [-0.2, 0) is 25.9 Å². The molecule has 0 aliphatic carbocycles. The van der Waals surface area contributed by atoms with Crippen LogP contribution >= 0.6 is 0 Å².